The molecule has 0 aromatic heterocycles. The zero-order valence-corrected chi connectivity index (χ0v) is 7.54. The van der Waals surface area contributed by atoms with Gasteiger partial charge >= 0.3 is 0 Å². The quantitative estimate of drug-likeness (QED) is 0.588. The lowest BCUT2D eigenvalue weighted by Crippen LogP contribution is -2.23. The number of carbonyl (C=O) groups excluding carboxylic acids is 1. The van der Waals surface area contributed by atoms with Gasteiger partial charge < -0.3 is 9.69 Å². The van der Waals surface area contributed by atoms with Crippen LogP contribution in [0.15, 0.2) is 0 Å². The maximum Gasteiger partial charge on any atom is 0.120 e. The molecule has 1 heterocycles. The largest absolute Gasteiger partial charge is 0.303 e. The molecule has 0 aromatic rings. The van der Waals surface area contributed by atoms with Gasteiger partial charge in [-0.15, -0.1) is 0 Å². The van der Waals surface area contributed by atoms with Crippen LogP contribution in [-0.2, 0) is 4.79 Å². The van der Waals surface area contributed by atoms with E-state index in [2.05, 4.69) is 4.90 Å². The van der Waals surface area contributed by atoms with Gasteiger partial charge in [-0.05, 0) is 37.6 Å². The van der Waals surface area contributed by atoms with E-state index in [0.717, 1.165) is 18.6 Å². The van der Waals surface area contributed by atoms with Crippen molar-refractivity contribution in [2.24, 2.45) is 11.8 Å². The van der Waals surface area contributed by atoms with Crippen molar-refractivity contribution in [1.82, 2.24) is 4.90 Å². The summed E-state index contributed by atoms with van der Waals surface area (Å²) in [5, 5.41) is 0. The number of likely N-dealkylation sites (tertiary alicyclic amines) is 1. The molecule has 1 atom stereocenters. The van der Waals surface area contributed by atoms with E-state index in [1.54, 1.807) is 0 Å². The van der Waals surface area contributed by atoms with E-state index in [0.29, 0.717) is 5.92 Å². The van der Waals surface area contributed by atoms with Crippen molar-refractivity contribution in [1.29, 1.82) is 0 Å². The van der Waals surface area contributed by atoms with E-state index in [1.807, 2.05) is 0 Å². The fourth-order valence-electron chi connectivity index (χ4n) is 2.07. The van der Waals surface area contributed by atoms with Gasteiger partial charge in [0, 0.05) is 19.5 Å². The predicted molar refractivity (Wildman–Crippen MR) is 48.0 cm³/mol. The second kappa shape index (κ2) is 3.56. The topological polar surface area (TPSA) is 20.3 Å². The third kappa shape index (κ3) is 2.07. The highest BCUT2D eigenvalue weighted by Gasteiger charge is 2.28. The highest BCUT2D eigenvalue weighted by Crippen LogP contribution is 2.31. The van der Waals surface area contributed by atoms with Crippen LogP contribution in [0.5, 0.6) is 0 Å². The summed E-state index contributed by atoms with van der Waals surface area (Å²) in [7, 11) is 0. The Balaban J connectivity index is 1.69. The fourth-order valence-corrected chi connectivity index (χ4v) is 2.07. The molecule has 12 heavy (non-hydrogen) atoms. The smallest absolute Gasteiger partial charge is 0.120 e. The van der Waals surface area contributed by atoms with Gasteiger partial charge in [0.1, 0.15) is 6.29 Å². The van der Waals surface area contributed by atoms with Gasteiger partial charge in [0.25, 0.3) is 0 Å². The maximum atomic E-state index is 10.3. The van der Waals surface area contributed by atoms with Crippen LogP contribution in [0.4, 0.5) is 0 Å². The van der Waals surface area contributed by atoms with Crippen LogP contribution < -0.4 is 0 Å². The first-order valence-corrected chi connectivity index (χ1v) is 5.04. The fraction of sp³-hybridized carbons (Fsp3) is 0.900. The molecule has 0 spiro atoms. The summed E-state index contributed by atoms with van der Waals surface area (Å²) in [6.07, 6.45) is 5.97. The van der Waals surface area contributed by atoms with Gasteiger partial charge in [0.2, 0.25) is 0 Å². The first-order chi connectivity index (χ1) is 5.88. The van der Waals surface area contributed by atoms with Crippen LogP contribution in [0.2, 0.25) is 0 Å². The molecule has 2 rings (SSSR count). The van der Waals surface area contributed by atoms with Gasteiger partial charge in [-0.25, -0.2) is 0 Å². The second-order valence-corrected chi connectivity index (χ2v) is 4.26. The standard InChI is InChI=1S/C10H17NO/c12-6-4-10-3-5-11(8-10)7-9-1-2-9/h6,9-10H,1-5,7-8H2. The van der Waals surface area contributed by atoms with E-state index in [-0.39, 0.29) is 0 Å². The van der Waals surface area contributed by atoms with Gasteiger partial charge in [-0.2, -0.15) is 0 Å². The summed E-state index contributed by atoms with van der Waals surface area (Å²) >= 11 is 0. The molecule has 0 N–H and O–H groups in total. The summed E-state index contributed by atoms with van der Waals surface area (Å²) < 4.78 is 0. The van der Waals surface area contributed by atoms with Gasteiger partial charge in [0.15, 0.2) is 0 Å². The van der Waals surface area contributed by atoms with Gasteiger partial charge in [0.05, 0.1) is 0 Å². The molecule has 1 aliphatic heterocycles. The van der Waals surface area contributed by atoms with Crippen LogP contribution in [0, 0.1) is 11.8 Å². The van der Waals surface area contributed by atoms with E-state index in [4.69, 9.17) is 0 Å². The molecule has 0 aromatic carbocycles. The Hall–Kier alpha value is -0.370. The Bertz CT molecular complexity index is 165. The monoisotopic (exact) mass is 167 g/mol. The number of nitrogens with zero attached hydrogens (tertiary/aromatic N) is 1. The summed E-state index contributed by atoms with van der Waals surface area (Å²) in [6.45, 7) is 3.71. The van der Waals surface area contributed by atoms with Gasteiger partial charge in [-0.1, -0.05) is 0 Å². The molecule has 2 aliphatic rings. The van der Waals surface area contributed by atoms with Crippen LogP contribution >= 0.6 is 0 Å². The Morgan fingerprint density at radius 2 is 2.08 bits per heavy atom. The number of carbonyl (C=O) groups is 1. The molecule has 2 nitrogen and oxygen atoms in total. The Morgan fingerprint density at radius 3 is 2.75 bits per heavy atom. The highest BCUT2D eigenvalue weighted by atomic mass is 16.1. The van der Waals surface area contributed by atoms with Crippen LogP contribution in [-0.4, -0.2) is 30.8 Å². The lowest BCUT2D eigenvalue weighted by atomic mass is 10.1. The molecule has 2 fully saturated rings. The third-order valence-corrected chi connectivity index (χ3v) is 3.01. The molecule has 2 heteroatoms. The molecule has 0 amide bonds. The second-order valence-electron chi connectivity index (χ2n) is 4.26. The molecule has 1 saturated heterocycles. The average Bonchev–Trinajstić information content (AvgIpc) is 2.74. The minimum Gasteiger partial charge on any atom is -0.303 e. The molecular weight excluding hydrogens is 150 g/mol. The molecule has 0 bridgehead atoms. The van der Waals surface area contributed by atoms with Crippen molar-refractivity contribution in [2.75, 3.05) is 19.6 Å². The van der Waals surface area contributed by atoms with Crippen LogP contribution in [0.1, 0.15) is 25.7 Å². The summed E-state index contributed by atoms with van der Waals surface area (Å²) in [5.74, 6) is 1.67. The lowest BCUT2D eigenvalue weighted by Gasteiger charge is -2.14. The first kappa shape index (κ1) is 8.24. The van der Waals surface area contributed by atoms with E-state index < -0.39 is 0 Å². The maximum absolute atomic E-state index is 10.3. The van der Waals surface area contributed by atoms with E-state index >= 15 is 0 Å². The van der Waals surface area contributed by atoms with E-state index in [1.165, 1.54) is 38.9 Å². The molecule has 68 valence electrons. The van der Waals surface area contributed by atoms with Crippen molar-refractivity contribution in [3.8, 4) is 0 Å². The number of aldehydes is 1. The molecule has 0 radical (unpaired) electrons. The number of hydrogen-bond acceptors (Lipinski definition) is 2. The van der Waals surface area contributed by atoms with Crippen LogP contribution in [0.25, 0.3) is 0 Å². The summed E-state index contributed by atoms with van der Waals surface area (Å²) in [4.78, 5) is 12.8. The zero-order chi connectivity index (χ0) is 8.39. The van der Waals surface area contributed by atoms with E-state index in [9.17, 15) is 4.79 Å². The normalized spacial score (nSPS) is 30.8. The Kier molecular flexibility index (Phi) is 2.45. The predicted octanol–water partition coefficient (Wildman–Crippen LogP) is 1.31. The Morgan fingerprint density at radius 1 is 1.25 bits per heavy atom. The SMILES string of the molecule is O=CCC1CCN(CC2CC2)C1. The van der Waals surface area contributed by atoms with Crippen molar-refractivity contribution in [3.63, 3.8) is 0 Å². The average molecular weight is 167 g/mol. The highest BCUT2D eigenvalue weighted by molar-refractivity contribution is 5.49. The minimum absolute atomic E-state index is 0.668. The minimum atomic E-state index is 0.668. The molecule has 1 saturated carbocycles. The Labute approximate surface area is 73.9 Å². The summed E-state index contributed by atoms with van der Waals surface area (Å²) in [6, 6.07) is 0. The van der Waals surface area contributed by atoms with Crippen molar-refractivity contribution >= 4 is 6.29 Å². The molecule has 1 unspecified atom stereocenters. The summed E-state index contributed by atoms with van der Waals surface area (Å²) in [5.41, 5.74) is 0. The zero-order valence-electron chi connectivity index (χ0n) is 7.54. The van der Waals surface area contributed by atoms with Gasteiger partial charge in [-0.3, -0.25) is 0 Å². The lowest BCUT2D eigenvalue weighted by molar-refractivity contribution is -0.108. The molecule has 1 aliphatic carbocycles. The number of hydrogen-bond donors (Lipinski definition) is 0. The third-order valence-electron chi connectivity index (χ3n) is 3.01. The molecular formula is C10H17NO. The first-order valence-electron chi connectivity index (χ1n) is 5.04. The van der Waals surface area contributed by atoms with Crippen LogP contribution in [0.3, 0.4) is 0 Å². The van der Waals surface area contributed by atoms with Crippen molar-refractivity contribution in [2.45, 2.75) is 25.7 Å². The van der Waals surface area contributed by atoms with Crippen molar-refractivity contribution in [3.05, 3.63) is 0 Å². The van der Waals surface area contributed by atoms with Crippen molar-refractivity contribution < 1.29 is 4.79 Å². The number of rotatable bonds is 4.